The zero-order valence-electron chi connectivity index (χ0n) is 13.1. The monoisotopic (exact) mass is 291 g/mol. The second kappa shape index (κ2) is 6.52. The van der Waals surface area contributed by atoms with Crippen LogP contribution < -0.4 is 10.1 Å². The summed E-state index contributed by atoms with van der Waals surface area (Å²) < 4.78 is 5.93. The van der Waals surface area contributed by atoms with Gasteiger partial charge in [-0.3, -0.25) is 0 Å². The van der Waals surface area contributed by atoms with E-state index in [9.17, 15) is 0 Å². The molecule has 0 aliphatic carbocycles. The second-order valence-corrected chi connectivity index (χ2v) is 5.55. The average Bonchev–Trinajstić information content (AvgIpc) is 2.55. The van der Waals surface area contributed by atoms with E-state index in [0.29, 0.717) is 6.61 Å². The molecule has 0 aliphatic heterocycles. The predicted octanol–water partition coefficient (Wildman–Crippen LogP) is 4.95. The van der Waals surface area contributed by atoms with Crippen LogP contribution in [0.5, 0.6) is 5.75 Å². The van der Waals surface area contributed by atoms with Crippen molar-refractivity contribution >= 4 is 16.5 Å². The van der Waals surface area contributed by atoms with Crippen LogP contribution in [0.3, 0.4) is 0 Å². The molecule has 0 aromatic heterocycles. The van der Waals surface area contributed by atoms with Crippen LogP contribution in [-0.4, -0.2) is 13.2 Å². The van der Waals surface area contributed by atoms with E-state index in [1.165, 1.54) is 16.5 Å². The van der Waals surface area contributed by atoms with Gasteiger partial charge >= 0.3 is 0 Å². The molecule has 0 bridgehead atoms. The van der Waals surface area contributed by atoms with Crippen molar-refractivity contribution in [1.82, 2.24) is 0 Å². The predicted molar refractivity (Wildman–Crippen MR) is 93.8 cm³/mol. The van der Waals surface area contributed by atoms with Crippen LogP contribution in [0.1, 0.15) is 11.1 Å². The van der Waals surface area contributed by atoms with Crippen molar-refractivity contribution in [2.75, 3.05) is 18.5 Å². The van der Waals surface area contributed by atoms with Crippen LogP contribution >= 0.6 is 0 Å². The zero-order chi connectivity index (χ0) is 15.4. The number of hydrogen-bond donors (Lipinski definition) is 1. The minimum Gasteiger partial charge on any atom is -0.491 e. The maximum atomic E-state index is 5.93. The van der Waals surface area contributed by atoms with Gasteiger partial charge < -0.3 is 10.1 Å². The van der Waals surface area contributed by atoms with Gasteiger partial charge in [0.05, 0.1) is 0 Å². The molecule has 2 heteroatoms. The van der Waals surface area contributed by atoms with Gasteiger partial charge in [-0.25, -0.2) is 0 Å². The van der Waals surface area contributed by atoms with Crippen LogP contribution in [0, 0.1) is 13.8 Å². The van der Waals surface area contributed by atoms with Gasteiger partial charge in [-0.15, -0.1) is 0 Å². The Morgan fingerprint density at radius 2 is 1.68 bits per heavy atom. The fourth-order valence-electron chi connectivity index (χ4n) is 2.53. The van der Waals surface area contributed by atoms with Crippen LogP contribution in [0.4, 0.5) is 5.69 Å². The first-order valence-electron chi connectivity index (χ1n) is 7.66. The quantitative estimate of drug-likeness (QED) is 0.672. The summed E-state index contributed by atoms with van der Waals surface area (Å²) in [5.74, 6) is 0.944. The van der Waals surface area contributed by atoms with E-state index < -0.39 is 0 Å². The number of hydrogen-bond acceptors (Lipinski definition) is 2. The Labute approximate surface area is 131 Å². The lowest BCUT2D eigenvalue weighted by molar-refractivity contribution is 0.337. The summed E-state index contributed by atoms with van der Waals surface area (Å²) in [6.45, 7) is 5.68. The lowest BCUT2D eigenvalue weighted by Gasteiger charge is -2.11. The number of anilines is 1. The highest BCUT2D eigenvalue weighted by Crippen LogP contribution is 2.25. The molecule has 112 valence electrons. The van der Waals surface area contributed by atoms with E-state index in [2.05, 4.69) is 55.6 Å². The van der Waals surface area contributed by atoms with Crippen molar-refractivity contribution in [3.05, 3.63) is 71.8 Å². The third-order valence-corrected chi connectivity index (χ3v) is 3.95. The summed E-state index contributed by atoms with van der Waals surface area (Å²) in [6.07, 6.45) is 0. The smallest absolute Gasteiger partial charge is 0.127 e. The maximum absolute atomic E-state index is 5.93. The summed E-state index contributed by atoms with van der Waals surface area (Å²) >= 11 is 0. The van der Waals surface area contributed by atoms with Gasteiger partial charge in [0.15, 0.2) is 0 Å². The number of benzene rings is 3. The molecular formula is C20H21NO. The summed E-state index contributed by atoms with van der Waals surface area (Å²) in [4.78, 5) is 0. The SMILES string of the molecule is Cc1ccc(NCCOc2cccc3ccccc23)cc1C. The maximum Gasteiger partial charge on any atom is 0.127 e. The van der Waals surface area contributed by atoms with Gasteiger partial charge in [-0.05, 0) is 48.6 Å². The molecule has 3 aromatic carbocycles. The van der Waals surface area contributed by atoms with Crippen LogP contribution in [0.15, 0.2) is 60.7 Å². The van der Waals surface area contributed by atoms with Crippen molar-refractivity contribution < 1.29 is 4.74 Å². The molecule has 0 aliphatic rings. The lowest BCUT2D eigenvalue weighted by Crippen LogP contribution is -2.11. The Bertz CT molecular complexity index is 774. The minimum atomic E-state index is 0.640. The average molecular weight is 291 g/mol. The molecule has 0 unspecified atom stereocenters. The highest BCUT2D eigenvalue weighted by Gasteiger charge is 2.01. The first-order valence-corrected chi connectivity index (χ1v) is 7.66. The van der Waals surface area contributed by atoms with Crippen molar-refractivity contribution in [2.24, 2.45) is 0 Å². The Morgan fingerprint density at radius 3 is 2.55 bits per heavy atom. The third-order valence-electron chi connectivity index (χ3n) is 3.95. The summed E-state index contributed by atoms with van der Waals surface area (Å²) in [5.41, 5.74) is 3.77. The van der Waals surface area contributed by atoms with E-state index in [4.69, 9.17) is 4.74 Å². The van der Waals surface area contributed by atoms with Crippen molar-refractivity contribution in [2.45, 2.75) is 13.8 Å². The number of ether oxygens (including phenoxy) is 1. The molecule has 0 spiro atoms. The Kier molecular flexibility index (Phi) is 4.29. The molecule has 0 amide bonds. The van der Waals surface area contributed by atoms with E-state index in [0.717, 1.165) is 23.4 Å². The second-order valence-electron chi connectivity index (χ2n) is 5.55. The fourth-order valence-corrected chi connectivity index (χ4v) is 2.53. The standard InChI is InChI=1S/C20H21NO/c1-15-10-11-18(14-16(15)2)21-12-13-22-20-9-5-7-17-6-3-4-8-19(17)20/h3-11,14,21H,12-13H2,1-2H3. The van der Waals surface area contributed by atoms with Gasteiger partial charge in [0.1, 0.15) is 12.4 Å². The van der Waals surface area contributed by atoms with E-state index in [1.54, 1.807) is 0 Å². The Morgan fingerprint density at radius 1 is 0.864 bits per heavy atom. The molecule has 1 N–H and O–H groups in total. The first-order chi connectivity index (χ1) is 10.7. The normalized spacial score (nSPS) is 10.6. The zero-order valence-corrected chi connectivity index (χ0v) is 13.1. The minimum absolute atomic E-state index is 0.640. The highest BCUT2D eigenvalue weighted by molar-refractivity contribution is 5.88. The van der Waals surface area contributed by atoms with E-state index >= 15 is 0 Å². The molecule has 0 saturated carbocycles. The van der Waals surface area contributed by atoms with Crippen molar-refractivity contribution in [3.63, 3.8) is 0 Å². The van der Waals surface area contributed by atoms with Crippen molar-refractivity contribution in [3.8, 4) is 5.75 Å². The van der Waals surface area contributed by atoms with Gasteiger partial charge in [0.2, 0.25) is 0 Å². The molecule has 2 nitrogen and oxygen atoms in total. The lowest BCUT2D eigenvalue weighted by atomic mass is 10.1. The highest BCUT2D eigenvalue weighted by atomic mass is 16.5. The Hall–Kier alpha value is -2.48. The van der Waals surface area contributed by atoms with Gasteiger partial charge in [0.25, 0.3) is 0 Å². The van der Waals surface area contributed by atoms with E-state index in [-0.39, 0.29) is 0 Å². The number of fused-ring (bicyclic) bond motifs is 1. The molecule has 0 atom stereocenters. The van der Waals surface area contributed by atoms with Gasteiger partial charge in [-0.1, -0.05) is 42.5 Å². The molecule has 0 heterocycles. The molecule has 3 rings (SSSR count). The molecular weight excluding hydrogens is 270 g/mol. The van der Waals surface area contributed by atoms with E-state index in [1.807, 2.05) is 24.3 Å². The fraction of sp³-hybridized carbons (Fsp3) is 0.200. The van der Waals surface area contributed by atoms with Crippen LogP contribution in [-0.2, 0) is 0 Å². The summed E-state index contributed by atoms with van der Waals surface area (Å²) in [5, 5.41) is 5.78. The van der Waals surface area contributed by atoms with Crippen LogP contribution in [0.2, 0.25) is 0 Å². The summed E-state index contributed by atoms with van der Waals surface area (Å²) in [7, 11) is 0. The molecule has 3 aromatic rings. The topological polar surface area (TPSA) is 21.3 Å². The molecule has 22 heavy (non-hydrogen) atoms. The van der Waals surface area contributed by atoms with Crippen molar-refractivity contribution in [1.29, 1.82) is 0 Å². The summed E-state index contributed by atoms with van der Waals surface area (Å²) in [6, 6.07) is 20.9. The van der Waals surface area contributed by atoms with Gasteiger partial charge in [0, 0.05) is 17.6 Å². The third kappa shape index (κ3) is 3.22. The largest absolute Gasteiger partial charge is 0.491 e. The number of rotatable bonds is 5. The number of aryl methyl sites for hydroxylation is 2. The van der Waals surface area contributed by atoms with Crippen LogP contribution in [0.25, 0.3) is 10.8 Å². The first kappa shape index (κ1) is 14.5. The molecule has 0 radical (unpaired) electrons. The van der Waals surface area contributed by atoms with Gasteiger partial charge in [-0.2, -0.15) is 0 Å². The molecule has 0 saturated heterocycles. The number of nitrogens with one attached hydrogen (secondary N) is 1. The molecule has 0 fully saturated rings. The Balaban J connectivity index is 1.59.